The van der Waals surface area contributed by atoms with E-state index in [1.807, 2.05) is 18.2 Å². The zero-order chi connectivity index (χ0) is 23.4. The van der Waals surface area contributed by atoms with Crippen molar-refractivity contribution in [3.63, 3.8) is 0 Å². The lowest BCUT2D eigenvalue weighted by Crippen LogP contribution is -2.40. The first-order valence-electron chi connectivity index (χ1n) is 10.5. The third-order valence-electron chi connectivity index (χ3n) is 5.32. The summed E-state index contributed by atoms with van der Waals surface area (Å²) in [5, 5.41) is 0.937. The number of anilines is 1. The smallest absolute Gasteiger partial charge is 0.244 e. The molecule has 7 nitrogen and oxygen atoms in total. The lowest BCUT2D eigenvalue weighted by Gasteiger charge is -2.27. The highest BCUT2D eigenvalue weighted by molar-refractivity contribution is 9.10. The highest BCUT2D eigenvalue weighted by Gasteiger charge is 2.27. The highest BCUT2D eigenvalue weighted by atomic mass is 79.9. The molecule has 0 radical (unpaired) electrons. The van der Waals surface area contributed by atoms with Crippen LogP contribution in [0.4, 0.5) is 5.13 Å². The fourth-order valence-electron chi connectivity index (χ4n) is 3.57. The van der Waals surface area contributed by atoms with Crippen LogP contribution in [0.5, 0.6) is 0 Å². The highest BCUT2D eigenvalue weighted by Crippen LogP contribution is 2.31. The van der Waals surface area contributed by atoms with Crippen molar-refractivity contribution in [2.75, 3.05) is 50.0 Å². The third-order valence-corrected chi connectivity index (χ3v) is 8.72. The number of hydrogen-bond acceptors (Lipinski definition) is 7. The molecule has 1 aliphatic heterocycles. The van der Waals surface area contributed by atoms with Gasteiger partial charge in [0.25, 0.3) is 0 Å². The van der Waals surface area contributed by atoms with E-state index in [4.69, 9.17) is 16.3 Å². The molecule has 0 bridgehead atoms. The molecule has 3 aromatic rings. The third kappa shape index (κ3) is 6.32. The van der Waals surface area contributed by atoms with Crippen LogP contribution in [0.15, 0.2) is 51.8 Å². The molecular weight excluding hydrogens is 550 g/mol. The molecule has 33 heavy (non-hydrogen) atoms. The minimum absolute atomic E-state index is 0.0711. The minimum Gasteiger partial charge on any atom is -0.379 e. The number of thiazole rings is 1. The molecule has 0 unspecified atom stereocenters. The van der Waals surface area contributed by atoms with Gasteiger partial charge in [-0.05, 0) is 48.9 Å². The topological polar surface area (TPSA) is 79.8 Å². The fourth-order valence-corrected chi connectivity index (χ4v) is 6.46. The Kier molecular flexibility index (Phi) is 8.03. The number of aromatic nitrogens is 1. The van der Waals surface area contributed by atoms with Gasteiger partial charge in [0.2, 0.25) is 5.91 Å². The summed E-state index contributed by atoms with van der Waals surface area (Å²) in [5.74, 6) is -1.13. The lowest BCUT2D eigenvalue weighted by atomic mass is 10.3. The summed E-state index contributed by atoms with van der Waals surface area (Å²) in [6, 6.07) is 11.6. The van der Waals surface area contributed by atoms with E-state index in [2.05, 4.69) is 25.8 Å². The van der Waals surface area contributed by atoms with Gasteiger partial charge in [0.1, 0.15) is 5.75 Å². The Morgan fingerprint density at radius 1 is 1.18 bits per heavy atom. The molecule has 2 heterocycles. The van der Waals surface area contributed by atoms with Gasteiger partial charge in [-0.2, -0.15) is 0 Å². The number of rotatable bonds is 8. The second kappa shape index (κ2) is 10.8. The van der Waals surface area contributed by atoms with Crippen LogP contribution >= 0.6 is 38.9 Å². The minimum atomic E-state index is -3.82. The summed E-state index contributed by atoms with van der Waals surface area (Å²) >= 11 is 10.7. The molecule has 1 saturated heterocycles. The predicted octanol–water partition coefficient (Wildman–Crippen LogP) is 4.24. The number of amides is 1. The Hall–Kier alpha value is -1.56. The number of halogens is 2. The molecule has 1 fully saturated rings. The molecule has 1 aromatic heterocycles. The Bertz CT molecular complexity index is 1230. The number of carbonyl (C=O) groups is 1. The molecule has 2 aromatic carbocycles. The molecule has 0 N–H and O–H groups in total. The normalized spacial score (nSPS) is 15.1. The van der Waals surface area contributed by atoms with Gasteiger partial charge >= 0.3 is 0 Å². The second-order valence-electron chi connectivity index (χ2n) is 7.67. The SMILES string of the molecule is O=C(CS(=O)(=O)c1ccc(Cl)cc1)N(CCCN1CCOCC1)c1nc2ccc(Br)cc2s1. The number of ether oxygens (including phenoxy) is 1. The van der Waals surface area contributed by atoms with Crippen molar-refractivity contribution in [1.29, 1.82) is 0 Å². The van der Waals surface area contributed by atoms with Crippen molar-refractivity contribution in [3.05, 3.63) is 52.0 Å². The van der Waals surface area contributed by atoms with E-state index in [-0.39, 0.29) is 4.90 Å². The van der Waals surface area contributed by atoms with E-state index in [9.17, 15) is 13.2 Å². The van der Waals surface area contributed by atoms with Gasteiger partial charge in [0, 0.05) is 35.7 Å². The predicted molar refractivity (Wildman–Crippen MR) is 135 cm³/mol. The quantitative estimate of drug-likeness (QED) is 0.402. The molecule has 0 aliphatic carbocycles. The summed E-state index contributed by atoms with van der Waals surface area (Å²) in [5.41, 5.74) is 0.768. The zero-order valence-electron chi connectivity index (χ0n) is 17.7. The van der Waals surface area contributed by atoms with Crippen molar-refractivity contribution in [2.24, 2.45) is 0 Å². The molecule has 11 heteroatoms. The summed E-state index contributed by atoms with van der Waals surface area (Å²) in [6.45, 7) is 4.30. The Morgan fingerprint density at radius 3 is 2.64 bits per heavy atom. The van der Waals surface area contributed by atoms with Gasteiger partial charge in [-0.15, -0.1) is 0 Å². The van der Waals surface area contributed by atoms with Crippen LogP contribution in [0, 0.1) is 0 Å². The van der Waals surface area contributed by atoms with Crippen molar-refractivity contribution in [3.8, 4) is 0 Å². The number of nitrogens with zero attached hydrogens (tertiary/aromatic N) is 3. The van der Waals surface area contributed by atoms with Gasteiger partial charge < -0.3 is 4.74 Å². The second-order valence-corrected chi connectivity index (χ2v) is 12.0. The Labute approximate surface area is 210 Å². The Balaban J connectivity index is 1.55. The maximum Gasteiger partial charge on any atom is 0.244 e. The van der Waals surface area contributed by atoms with Crippen LogP contribution in [0.3, 0.4) is 0 Å². The first-order chi connectivity index (χ1) is 15.8. The summed E-state index contributed by atoms with van der Waals surface area (Å²) < 4.78 is 33.0. The number of hydrogen-bond donors (Lipinski definition) is 0. The maximum atomic E-state index is 13.3. The van der Waals surface area contributed by atoms with E-state index in [0.717, 1.165) is 34.3 Å². The number of morpholine rings is 1. The van der Waals surface area contributed by atoms with Gasteiger partial charge in [-0.3, -0.25) is 14.6 Å². The molecule has 4 rings (SSSR count). The molecule has 0 atom stereocenters. The number of sulfone groups is 1. The van der Waals surface area contributed by atoms with Crippen molar-refractivity contribution >= 4 is 70.0 Å². The van der Waals surface area contributed by atoms with E-state index in [1.54, 1.807) is 0 Å². The summed E-state index contributed by atoms with van der Waals surface area (Å²) in [7, 11) is -3.82. The monoisotopic (exact) mass is 571 g/mol. The van der Waals surface area contributed by atoms with Crippen molar-refractivity contribution in [2.45, 2.75) is 11.3 Å². The number of benzene rings is 2. The lowest BCUT2D eigenvalue weighted by molar-refractivity contribution is -0.116. The number of fused-ring (bicyclic) bond motifs is 1. The first kappa shape index (κ1) is 24.6. The van der Waals surface area contributed by atoms with E-state index >= 15 is 0 Å². The maximum absolute atomic E-state index is 13.3. The standard InChI is InChI=1S/C22H23BrClN3O4S2/c23-16-2-7-19-20(14-16)32-22(25-19)27(9-1-8-26-10-12-31-13-11-26)21(28)15-33(29,30)18-5-3-17(24)4-6-18/h2-7,14H,1,8-13,15H2. The fraction of sp³-hybridized carbons (Fsp3) is 0.364. The summed E-state index contributed by atoms with van der Waals surface area (Å²) in [4.78, 5) is 21.7. The van der Waals surface area contributed by atoms with E-state index in [1.165, 1.54) is 40.5 Å². The molecule has 0 spiro atoms. The number of carbonyl (C=O) groups excluding carboxylic acids is 1. The van der Waals surface area contributed by atoms with Gasteiger partial charge in [-0.1, -0.05) is 38.9 Å². The van der Waals surface area contributed by atoms with Crippen LogP contribution in [-0.4, -0.2) is 69.4 Å². The van der Waals surface area contributed by atoms with Crippen LogP contribution in [0.1, 0.15) is 6.42 Å². The van der Waals surface area contributed by atoms with Crippen molar-refractivity contribution < 1.29 is 17.9 Å². The van der Waals surface area contributed by atoms with Crippen LogP contribution < -0.4 is 4.90 Å². The Morgan fingerprint density at radius 2 is 1.91 bits per heavy atom. The van der Waals surface area contributed by atoms with Crippen LogP contribution in [0.25, 0.3) is 10.2 Å². The first-order valence-corrected chi connectivity index (χ1v) is 14.1. The van der Waals surface area contributed by atoms with E-state index < -0.39 is 21.5 Å². The zero-order valence-corrected chi connectivity index (χ0v) is 21.7. The van der Waals surface area contributed by atoms with E-state index in [0.29, 0.717) is 36.3 Å². The summed E-state index contributed by atoms with van der Waals surface area (Å²) in [6.07, 6.45) is 0.701. The van der Waals surface area contributed by atoms with Crippen molar-refractivity contribution in [1.82, 2.24) is 9.88 Å². The van der Waals surface area contributed by atoms with Crippen LogP contribution in [-0.2, 0) is 19.4 Å². The van der Waals surface area contributed by atoms with Gasteiger partial charge in [0.15, 0.2) is 15.0 Å². The van der Waals surface area contributed by atoms with Gasteiger partial charge in [-0.25, -0.2) is 13.4 Å². The van der Waals surface area contributed by atoms with Crippen LogP contribution in [0.2, 0.25) is 5.02 Å². The van der Waals surface area contributed by atoms with Gasteiger partial charge in [0.05, 0.1) is 28.3 Å². The average molecular weight is 573 g/mol. The molecule has 0 saturated carbocycles. The molecule has 176 valence electrons. The molecule has 1 aliphatic rings. The molecule has 1 amide bonds. The largest absolute Gasteiger partial charge is 0.379 e. The average Bonchev–Trinajstić information content (AvgIpc) is 3.20. The molecular formula is C22H23BrClN3O4S2.